The van der Waals surface area contributed by atoms with Crippen molar-refractivity contribution in [3.05, 3.63) is 35.1 Å². The van der Waals surface area contributed by atoms with Crippen molar-refractivity contribution >= 4 is 0 Å². The Kier molecular flexibility index (Phi) is 4.81. The van der Waals surface area contributed by atoms with E-state index in [9.17, 15) is 5.11 Å². The SMILES string of the molecule is C[C@@H]1CC[C@H]([C@H](C)[C@@]2(C)CC[C@H]3C2=CC[C@H]2[C@H]3CC=C3C=C(O)CC[C@@]32C)NC1. The minimum atomic E-state index is 0.267. The molecule has 0 aromatic rings. The van der Waals surface area contributed by atoms with Crippen molar-refractivity contribution in [1.29, 1.82) is 0 Å². The van der Waals surface area contributed by atoms with E-state index in [2.05, 4.69) is 51.2 Å². The Balaban J connectivity index is 1.40. The molecular weight excluding hydrogens is 354 g/mol. The summed E-state index contributed by atoms with van der Waals surface area (Å²) in [4.78, 5) is 0. The van der Waals surface area contributed by atoms with Crippen LogP contribution >= 0.6 is 0 Å². The molecule has 0 aromatic heterocycles. The first-order valence-electron chi connectivity index (χ1n) is 12.4. The standard InChI is InChI=1S/C27H41NO/c1-17-5-10-25(28-16-17)18(2)26(3)14-12-22-21-7-6-19-15-20(29)11-13-27(19,4)24(21)9-8-23(22)26/h6,8,15,17-18,21-22,24-25,28-29H,5,7,9-14,16H2,1-4H3/t17-,18+,21+,22-,24+,25-,26-,27+/m1/s1. The Labute approximate surface area is 177 Å². The fourth-order valence-electron chi connectivity index (χ4n) is 8.06. The highest BCUT2D eigenvalue weighted by atomic mass is 16.3. The molecule has 0 spiro atoms. The number of allylic oxidation sites excluding steroid dienone is 6. The van der Waals surface area contributed by atoms with Crippen LogP contribution in [0.25, 0.3) is 0 Å². The topological polar surface area (TPSA) is 32.3 Å². The lowest BCUT2D eigenvalue weighted by molar-refractivity contribution is 0.0840. The van der Waals surface area contributed by atoms with E-state index in [4.69, 9.17) is 0 Å². The molecule has 0 amide bonds. The van der Waals surface area contributed by atoms with Crippen LogP contribution in [0.1, 0.15) is 79.1 Å². The summed E-state index contributed by atoms with van der Waals surface area (Å²) >= 11 is 0. The maximum atomic E-state index is 10.1. The Morgan fingerprint density at radius 1 is 1.10 bits per heavy atom. The molecule has 8 atom stereocenters. The molecule has 0 bridgehead atoms. The molecule has 0 aromatic carbocycles. The summed E-state index contributed by atoms with van der Waals surface area (Å²) in [5, 5.41) is 14.0. The molecule has 1 heterocycles. The summed E-state index contributed by atoms with van der Waals surface area (Å²) in [6, 6.07) is 0.690. The highest BCUT2D eigenvalue weighted by molar-refractivity contribution is 5.38. The summed E-state index contributed by atoms with van der Waals surface area (Å²) in [6.07, 6.45) is 17.2. The number of nitrogens with one attached hydrogen (secondary N) is 1. The maximum absolute atomic E-state index is 10.1. The molecule has 29 heavy (non-hydrogen) atoms. The van der Waals surface area contributed by atoms with E-state index < -0.39 is 0 Å². The molecule has 4 aliphatic carbocycles. The van der Waals surface area contributed by atoms with Gasteiger partial charge >= 0.3 is 0 Å². The summed E-state index contributed by atoms with van der Waals surface area (Å²) in [6.45, 7) is 11.2. The molecule has 1 aliphatic heterocycles. The first-order chi connectivity index (χ1) is 13.8. The van der Waals surface area contributed by atoms with Crippen molar-refractivity contribution in [2.24, 2.45) is 40.4 Å². The highest BCUT2D eigenvalue weighted by Crippen LogP contribution is 2.63. The molecule has 1 saturated heterocycles. The minimum absolute atomic E-state index is 0.267. The van der Waals surface area contributed by atoms with E-state index >= 15 is 0 Å². The van der Waals surface area contributed by atoms with Gasteiger partial charge in [-0.1, -0.05) is 45.4 Å². The molecular formula is C27H41NO. The number of hydrogen-bond donors (Lipinski definition) is 2. The minimum Gasteiger partial charge on any atom is -0.512 e. The van der Waals surface area contributed by atoms with Gasteiger partial charge in [0.1, 0.15) is 0 Å². The Morgan fingerprint density at radius 2 is 1.93 bits per heavy atom. The summed E-state index contributed by atoms with van der Waals surface area (Å²) in [5.41, 5.74) is 3.89. The lowest BCUT2D eigenvalue weighted by Crippen LogP contribution is -2.48. The third-order valence-corrected chi connectivity index (χ3v) is 10.3. The zero-order valence-electron chi connectivity index (χ0n) is 19.0. The van der Waals surface area contributed by atoms with E-state index in [1.165, 1.54) is 50.6 Å². The summed E-state index contributed by atoms with van der Waals surface area (Å²) in [7, 11) is 0. The molecule has 160 valence electrons. The highest BCUT2D eigenvalue weighted by Gasteiger charge is 2.55. The Morgan fingerprint density at radius 3 is 2.69 bits per heavy atom. The van der Waals surface area contributed by atoms with Gasteiger partial charge in [-0.05, 0) is 104 Å². The van der Waals surface area contributed by atoms with Crippen LogP contribution in [0.2, 0.25) is 0 Å². The van der Waals surface area contributed by atoms with Gasteiger partial charge < -0.3 is 10.4 Å². The van der Waals surface area contributed by atoms with Crippen molar-refractivity contribution in [3.63, 3.8) is 0 Å². The number of fused-ring (bicyclic) bond motifs is 5. The molecule has 5 aliphatic rings. The van der Waals surface area contributed by atoms with Crippen LogP contribution in [0.15, 0.2) is 35.1 Å². The Bertz CT molecular complexity index is 754. The van der Waals surface area contributed by atoms with Gasteiger partial charge in [0.2, 0.25) is 0 Å². The lowest BCUT2D eigenvalue weighted by Gasteiger charge is -2.52. The third-order valence-electron chi connectivity index (χ3n) is 10.3. The molecule has 5 rings (SSSR count). The second kappa shape index (κ2) is 7.01. The smallest absolute Gasteiger partial charge is 0.0925 e. The van der Waals surface area contributed by atoms with Crippen molar-refractivity contribution in [3.8, 4) is 0 Å². The molecule has 0 radical (unpaired) electrons. The number of rotatable bonds is 2. The van der Waals surface area contributed by atoms with E-state index in [-0.39, 0.29) is 5.41 Å². The van der Waals surface area contributed by atoms with Crippen LogP contribution in [-0.4, -0.2) is 17.7 Å². The van der Waals surface area contributed by atoms with Crippen LogP contribution in [0.4, 0.5) is 0 Å². The zero-order chi connectivity index (χ0) is 20.4. The van der Waals surface area contributed by atoms with Gasteiger partial charge in [0.05, 0.1) is 5.76 Å². The number of hydrogen-bond acceptors (Lipinski definition) is 2. The van der Waals surface area contributed by atoms with Crippen LogP contribution in [0.3, 0.4) is 0 Å². The van der Waals surface area contributed by atoms with E-state index in [0.29, 0.717) is 17.2 Å². The molecule has 0 unspecified atom stereocenters. The number of piperidine rings is 1. The maximum Gasteiger partial charge on any atom is 0.0925 e. The van der Waals surface area contributed by atoms with Gasteiger partial charge in [0, 0.05) is 12.5 Å². The van der Waals surface area contributed by atoms with Crippen LogP contribution in [-0.2, 0) is 0 Å². The predicted molar refractivity (Wildman–Crippen MR) is 121 cm³/mol. The Hall–Kier alpha value is -1.02. The van der Waals surface area contributed by atoms with Crippen molar-refractivity contribution < 1.29 is 5.11 Å². The van der Waals surface area contributed by atoms with Gasteiger partial charge in [0.25, 0.3) is 0 Å². The largest absolute Gasteiger partial charge is 0.512 e. The number of aliphatic hydroxyl groups excluding tert-OH is 1. The van der Waals surface area contributed by atoms with Crippen molar-refractivity contribution in [1.82, 2.24) is 5.32 Å². The molecule has 2 N–H and O–H groups in total. The van der Waals surface area contributed by atoms with Crippen LogP contribution < -0.4 is 5.32 Å². The molecule has 2 fully saturated rings. The van der Waals surface area contributed by atoms with Crippen molar-refractivity contribution in [2.75, 3.05) is 6.54 Å². The fourth-order valence-corrected chi connectivity index (χ4v) is 8.06. The molecule has 2 heteroatoms. The second-order valence-electron chi connectivity index (χ2n) is 11.7. The van der Waals surface area contributed by atoms with E-state index in [1.807, 2.05) is 5.57 Å². The van der Waals surface area contributed by atoms with Gasteiger partial charge in [0.15, 0.2) is 0 Å². The van der Waals surface area contributed by atoms with Gasteiger partial charge in [-0.25, -0.2) is 0 Å². The van der Waals surface area contributed by atoms with Crippen LogP contribution in [0.5, 0.6) is 0 Å². The lowest BCUT2D eigenvalue weighted by atomic mass is 9.52. The molecule has 2 nitrogen and oxygen atoms in total. The van der Waals surface area contributed by atoms with Crippen molar-refractivity contribution in [2.45, 2.75) is 85.1 Å². The van der Waals surface area contributed by atoms with Gasteiger partial charge in [-0.2, -0.15) is 0 Å². The summed E-state index contributed by atoms with van der Waals surface area (Å²) in [5.74, 6) is 4.51. The average Bonchev–Trinajstić information content (AvgIpc) is 3.07. The quantitative estimate of drug-likeness (QED) is 0.519. The third kappa shape index (κ3) is 2.99. The van der Waals surface area contributed by atoms with Gasteiger partial charge in [-0.15, -0.1) is 0 Å². The molecule has 1 saturated carbocycles. The van der Waals surface area contributed by atoms with E-state index in [1.54, 1.807) is 0 Å². The average molecular weight is 396 g/mol. The summed E-state index contributed by atoms with van der Waals surface area (Å²) < 4.78 is 0. The normalized spacial score (nSPS) is 47.9. The fraction of sp³-hybridized carbons (Fsp3) is 0.778. The second-order valence-corrected chi connectivity index (χ2v) is 11.7. The predicted octanol–water partition coefficient (Wildman–Crippen LogP) is 6.56. The first-order valence-corrected chi connectivity index (χ1v) is 12.4. The van der Waals surface area contributed by atoms with Gasteiger partial charge in [-0.3, -0.25) is 0 Å². The monoisotopic (exact) mass is 395 g/mol. The first kappa shape index (κ1) is 19.9. The number of aliphatic hydroxyl groups is 1. The zero-order valence-corrected chi connectivity index (χ0v) is 19.0. The van der Waals surface area contributed by atoms with Crippen LogP contribution in [0, 0.1) is 40.4 Å². The van der Waals surface area contributed by atoms with E-state index in [0.717, 1.165) is 42.4 Å².